The highest BCUT2D eigenvalue weighted by Crippen LogP contribution is 2.36. The summed E-state index contributed by atoms with van der Waals surface area (Å²) in [6.45, 7) is 18.1. The molecule has 0 saturated carbocycles. The molecule has 8 heteroatoms. The maximum Gasteiger partial charge on any atom is 0.330 e. The lowest BCUT2D eigenvalue weighted by atomic mass is 9.76. The smallest absolute Gasteiger partial charge is 0.330 e. The van der Waals surface area contributed by atoms with Crippen LogP contribution in [0.3, 0.4) is 0 Å². The van der Waals surface area contributed by atoms with Gasteiger partial charge in [-0.15, -0.1) is 13.2 Å². The third kappa shape index (κ3) is 10.1. The molecule has 41 heavy (non-hydrogen) atoms. The first-order valence-electron chi connectivity index (χ1n) is 13.2. The second-order valence-electron chi connectivity index (χ2n) is 9.85. The summed E-state index contributed by atoms with van der Waals surface area (Å²) in [5, 5.41) is 20.2. The van der Waals surface area contributed by atoms with E-state index in [1.807, 2.05) is 24.3 Å². The number of esters is 2. The van der Waals surface area contributed by atoms with E-state index in [1.165, 1.54) is 0 Å². The molecule has 8 nitrogen and oxygen atoms in total. The number of rotatable bonds is 18. The van der Waals surface area contributed by atoms with Crippen LogP contribution in [0.1, 0.15) is 36.1 Å². The normalized spacial score (nSPS) is 12.4. The Morgan fingerprint density at radius 3 is 1.46 bits per heavy atom. The monoisotopic (exact) mass is 564 g/mol. The molecule has 0 radical (unpaired) electrons. The molecule has 0 aliphatic carbocycles. The van der Waals surface area contributed by atoms with Crippen molar-refractivity contribution in [3.05, 3.63) is 109 Å². The maximum atomic E-state index is 11.2. The molecule has 0 saturated heterocycles. The van der Waals surface area contributed by atoms with Crippen LogP contribution in [0.25, 0.3) is 0 Å². The first-order chi connectivity index (χ1) is 19.5. The molecule has 2 unspecified atom stereocenters. The lowest BCUT2D eigenvalue weighted by molar-refractivity contribution is -0.142. The zero-order valence-electron chi connectivity index (χ0n) is 23.8. The van der Waals surface area contributed by atoms with E-state index < -0.39 is 29.6 Å². The molecule has 2 rings (SSSR count). The maximum absolute atomic E-state index is 11.2. The van der Waals surface area contributed by atoms with Gasteiger partial charge in [-0.05, 0) is 47.2 Å². The number of hydrogen-bond acceptors (Lipinski definition) is 8. The molecule has 0 bridgehead atoms. The van der Waals surface area contributed by atoms with Crippen molar-refractivity contribution in [2.45, 2.75) is 44.3 Å². The van der Waals surface area contributed by atoms with Crippen molar-refractivity contribution in [3.8, 4) is 11.5 Å². The van der Waals surface area contributed by atoms with Crippen molar-refractivity contribution in [1.29, 1.82) is 0 Å². The van der Waals surface area contributed by atoms with Gasteiger partial charge in [0.1, 0.15) is 50.1 Å². The van der Waals surface area contributed by atoms with Gasteiger partial charge in [-0.1, -0.05) is 63.4 Å². The molecule has 2 atom stereocenters. The van der Waals surface area contributed by atoms with Crippen molar-refractivity contribution in [3.63, 3.8) is 0 Å². The standard InChI is InChI=1S/C33H40O8/c1-7-11-23-17-25(13-15-29(23)38-19-27(34)21-40-31(36)9-3)33(5,6)26-14-16-30(24(18-26)12-8-2)39-20-28(35)22-41-32(37)10-4/h7-10,13-18,27-28,34-35H,1-4,11-12,19-22H2,5-6H3. The van der Waals surface area contributed by atoms with E-state index in [-0.39, 0.29) is 26.4 Å². The molecule has 0 aliphatic rings. The topological polar surface area (TPSA) is 112 Å². The summed E-state index contributed by atoms with van der Waals surface area (Å²) in [5.41, 5.74) is 3.48. The Morgan fingerprint density at radius 2 is 1.12 bits per heavy atom. The third-order valence-electron chi connectivity index (χ3n) is 6.32. The molecule has 0 spiro atoms. The fourth-order valence-corrected chi connectivity index (χ4v) is 3.96. The van der Waals surface area contributed by atoms with Gasteiger partial charge in [-0.3, -0.25) is 0 Å². The van der Waals surface area contributed by atoms with Gasteiger partial charge in [0.25, 0.3) is 0 Å². The summed E-state index contributed by atoms with van der Waals surface area (Å²) >= 11 is 0. The Bertz CT molecular complexity index is 1140. The predicted octanol–water partition coefficient (Wildman–Crippen LogP) is 4.41. The molecular formula is C33H40O8. The van der Waals surface area contributed by atoms with Crippen LogP contribution < -0.4 is 9.47 Å². The molecule has 0 aliphatic heterocycles. The Balaban J connectivity index is 2.22. The lowest BCUT2D eigenvalue weighted by Crippen LogP contribution is -2.25. The second kappa shape index (κ2) is 16.2. The molecule has 220 valence electrons. The highest BCUT2D eigenvalue weighted by Gasteiger charge is 2.25. The van der Waals surface area contributed by atoms with Gasteiger partial charge in [-0.25, -0.2) is 9.59 Å². The molecule has 2 N–H and O–H groups in total. The largest absolute Gasteiger partial charge is 0.490 e. The van der Waals surface area contributed by atoms with Crippen LogP contribution in [0, 0.1) is 0 Å². The average Bonchev–Trinajstić information content (AvgIpc) is 2.97. The Kier molecular flexibility index (Phi) is 13.1. The van der Waals surface area contributed by atoms with E-state index in [9.17, 15) is 19.8 Å². The highest BCUT2D eigenvalue weighted by atomic mass is 16.6. The fraction of sp³-hybridized carbons (Fsp3) is 0.333. The zero-order chi connectivity index (χ0) is 30.4. The minimum Gasteiger partial charge on any atom is -0.490 e. The van der Waals surface area contributed by atoms with E-state index in [2.05, 4.69) is 52.3 Å². The van der Waals surface area contributed by atoms with Crippen LogP contribution in [-0.4, -0.2) is 60.8 Å². The first-order valence-corrected chi connectivity index (χ1v) is 13.2. The van der Waals surface area contributed by atoms with Gasteiger partial charge >= 0.3 is 11.9 Å². The molecule has 0 amide bonds. The van der Waals surface area contributed by atoms with E-state index >= 15 is 0 Å². The predicted molar refractivity (Wildman–Crippen MR) is 158 cm³/mol. The number of carbonyl (C=O) groups is 2. The van der Waals surface area contributed by atoms with Gasteiger partial charge in [0.15, 0.2) is 0 Å². The van der Waals surface area contributed by atoms with E-state index in [1.54, 1.807) is 12.2 Å². The van der Waals surface area contributed by atoms with Gasteiger partial charge in [0, 0.05) is 17.6 Å². The molecule has 0 aromatic heterocycles. The number of hydrogen-bond donors (Lipinski definition) is 2. The van der Waals surface area contributed by atoms with E-state index in [0.717, 1.165) is 34.4 Å². The summed E-state index contributed by atoms with van der Waals surface area (Å²) in [5.74, 6) is -0.00939. The van der Waals surface area contributed by atoms with Crippen LogP contribution in [0.4, 0.5) is 0 Å². The Hall–Kier alpha value is -4.14. The summed E-state index contributed by atoms with van der Waals surface area (Å²) in [6, 6.07) is 11.8. The van der Waals surface area contributed by atoms with Crippen molar-refractivity contribution < 1.29 is 38.7 Å². The number of aliphatic hydroxyl groups excluding tert-OH is 2. The Labute approximate surface area is 242 Å². The van der Waals surface area contributed by atoms with Gasteiger partial charge < -0.3 is 29.2 Å². The highest BCUT2D eigenvalue weighted by molar-refractivity contribution is 5.81. The van der Waals surface area contributed by atoms with Crippen molar-refractivity contribution in [2.24, 2.45) is 0 Å². The summed E-state index contributed by atoms with van der Waals surface area (Å²) in [7, 11) is 0. The number of ether oxygens (including phenoxy) is 4. The zero-order valence-corrected chi connectivity index (χ0v) is 23.8. The Morgan fingerprint density at radius 1 is 0.732 bits per heavy atom. The second-order valence-corrected chi connectivity index (χ2v) is 9.85. The molecular weight excluding hydrogens is 524 g/mol. The number of carbonyl (C=O) groups excluding carboxylic acids is 2. The van der Waals surface area contributed by atoms with Crippen molar-refractivity contribution in [1.82, 2.24) is 0 Å². The summed E-state index contributed by atoms with van der Waals surface area (Å²) in [4.78, 5) is 22.5. The molecule has 2 aromatic carbocycles. The number of allylic oxidation sites excluding steroid dienone is 2. The average molecular weight is 565 g/mol. The fourth-order valence-electron chi connectivity index (χ4n) is 3.96. The SMILES string of the molecule is C=CCc1cc(C(C)(C)c2ccc(OCC(O)COC(=O)C=C)c(CC=C)c2)ccc1OCC(O)COC(=O)C=C. The molecule has 2 aromatic rings. The van der Waals surface area contributed by atoms with Crippen LogP contribution in [0.15, 0.2) is 87.0 Å². The minimum atomic E-state index is -0.987. The van der Waals surface area contributed by atoms with Gasteiger partial charge in [-0.2, -0.15) is 0 Å². The summed E-state index contributed by atoms with van der Waals surface area (Å²) in [6.07, 6.45) is 4.77. The van der Waals surface area contributed by atoms with E-state index in [4.69, 9.17) is 18.9 Å². The molecule has 0 fully saturated rings. The van der Waals surface area contributed by atoms with Crippen molar-refractivity contribution >= 4 is 11.9 Å². The van der Waals surface area contributed by atoms with Gasteiger partial charge in [0.05, 0.1) is 0 Å². The minimum absolute atomic E-state index is 0.0466. The number of benzene rings is 2. The first kappa shape index (κ1) is 33.1. The van der Waals surface area contributed by atoms with Crippen LogP contribution in [0.2, 0.25) is 0 Å². The molecule has 0 heterocycles. The van der Waals surface area contributed by atoms with Crippen LogP contribution in [0.5, 0.6) is 11.5 Å². The van der Waals surface area contributed by atoms with Gasteiger partial charge in [0.2, 0.25) is 0 Å². The van der Waals surface area contributed by atoms with Crippen LogP contribution in [-0.2, 0) is 37.3 Å². The van der Waals surface area contributed by atoms with Crippen molar-refractivity contribution in [2.75, 3.05) is 26.4 Å². The number of aliphatic hydroxyl groups is 2. The third-order valence-corrected chi connectivity index (χ3v) is 6.32. The van der Waals surface area contributed by atoms with Crippen LogP contribution >= 0.6 is 0 Å². The quantitative estimate of drug-likeness (QED) is 0.156. The van der Waals surface area contributed by atoms with E-state index in [0.29, 0.717) is 24.3 Å². The summed E-state index contributed by atoms with van der Waals surface area (Å²) < 4.78 is 21.4. The lowest BCUT2D eigenvalue weighted by Gasteiger charge is -2.28.